The molecule has 0 saturated carbocycles. The molecule has 0 aliphatic carbocycles. The standard InChI is InChI=1S/C11H19N3O2/c1-4-9(7-15)12-11(16)10-6-8(3)13-14(10)5-2/h6,9,15H,4-5,7H2,1-3H3,(H,12,16). The van der Waals surface area contributed by atoms with Crippen LogP contribution >= 0.6 is 0 Å². The number of aliphatic hydroxyl groups excluding tert-OH is 1. The zero-order valence-corrected chi connectivity index (χ0v) is 10.0. The Bertz CT molecular complexity index is 356. The highest BCUT2D eigenvalue weighted by molar-refractivity contribution is 5.92. The van der Waals surface area contributed by atoms with E-state index in [1.54, 1.807) is 10.7 Å². The van der Waals surface area contributed by atoms with E-state index in [-0.39, 0.29) is 18.6 Å². The minimum Gasteiger partial charge on any atom is -0.394 e. The van der Waals surface area contributed by atoms with E-state index >= 15 is 0 Å². The number of hydrogen-bond acceptors (Lipinski definition) is 3. The van der Waals surface area contributed by atoms with Crippen molar-refractivity contribution in [3.05, 3.63) is 17.5 Å². The number of carbonyl (C=O) groups is 1. The van der Waals surface area contributed by atoms with Crippen LogP contribution in [-0.2, 0) is 6.54 Å². The van der Waals surface area contributed by atoms with Gasteiger partial charge < -0.3 is 10.4 Å². The van der Waals surface area contributed by atoms with Gasteiger partial charge in [-0.15, -0.1) is 0 Å². The van der Waals surface area contributed by atoms with Gasteiger partial charge in [-0.05, 0) is 26.3 Å². The van der Waals surface area contributed by atoms with Gasteiger partial charge in [0.25, 0.3) is 5.91 Å². The molecule has 1 heterocycles. The summed E-state index contributed by atoms with van der Waals surface area (Å²) >= 11 is 0. The van der Waals surface area contributed by atoms with Crippen LogP contribution in [0.2, 0.25) is 0 Å². The zero-order valence-electron chi connectivity index (χ0n) is 10.0. The first-order valence-electron chi connectivity index (χ1n) is 5.58. The van der Waals surface area contributed by atoms with Crippen LogP contribution in [0.4, 0.5) is 0 Å². The first kappa shape index (κ1) is 12.7. The number of carbonyl (C=O) groups excluding carboxylic acids is 1. The van der Waals surface area contributed by atoms with Crippen LogP contribution in [0.5, 0.6) is 0 Å². The van der Waals surface area contributed by atoms with Crippen molar-refractivity contribution in [1.82, 2.24) is 15.1 Å². The molecule has 1 atom stereocenters. The molecule has 0 aromatic carbocycles. The van der Waals surface area contributed by atoms with Crippen LogP contribution in [0.15, 0.2) is 6.07 Å². The Labute approximate surface area is 95.5 Å². The van der Waals surface area contributed by atoms with Gasteiger partial charge in [-0.1, -0.05) is 6.92 Å². The molecule has 0 aliphatic heterocycles. The molecule has 5 heteroatoms. The maximum absolute atomic E-state index is 11.9. The van der Waals surface area contributed by atoms with E-state index in [4.69, 9.17) is 5.11 Å². The molecule has 1 aromatic rings. The van der Waals surface area contributed by atoms with Crippen molar-refractivity contribution in [3.8, 4) is 0 Å². The molecule has 2 N–H and O–H groups in total. The van der Waals surface area contributed by atoms with Crippen molar-refractivity contribution in [3.63, 3.8) is 0 Å². The van der Waals surface area contributed by atoms with Crippen molar-refractivity contribution in [2.75, 3.05) is 6.61 Å². The zero-order chi connectivity index (χ0) is 12.1. The van der Waals surface area contributed by atoms with Gasteiger partial charge in [-0.25, -0.2) is 0 Å². The molecule has 5 nitrogen and oxygen atoms in total. The molecule has 0 bridgehead atoms. The summed E-state index contributed by atoms with van der Waals surface area (Å²) in [6.45, 7) is 6.33. The highest BCUT2D eigenvalue weighted by Gasteiger charge is 2.15. The maximum atomic E-state index is 11.9. The van der Waals surface area contributed by atoms with Crippen LogP contribution < -0.4 is 5.32 Å². The Morgan fingerprint density at radius 1 is 1.62 bits per heavy atom. The third-order valence-corrected chi connectivity index (χ3v) is 2.48. The van der Waals surface area contributed by atoms with Crippen LogP contribution in [0, 0.1) is 6.92 Å². The first-order valence-corrected chi connectivity index (χ1v) is 5.58. The minimum absolute atomic E-state index is 0.0402. The Balaban J connectivity index is 2.79. The van der Waals surface area contributed by atoms with Gasteiger partial charge in [-0.2, -0.15) is 5.10 Å². The van der Waals surface area contributed by atoms with Crippen LogP contribution in [-0.4, -0.2) is 33.4 Å². The molecule has 0 aliphatic rings. The molecule has 1 aromatic heterocycles. The summed E-state index contributed by atoms with van der Waals surface area (Å²) in [5.41, 5.74) is 1.37. The third kappa shape index (κ3) is 2.82. The molecule has 0 fully saturated rings. The number of rotatable bonds is 5. The maximum Gasteiger partial charge on any atom is 0.269 e. The third-order valence-electron chi connectivity index (χ3n) is 2.48. The molecule has 90 valence electrons. The SMILES string of the molecule is CCC(CO)NC(=O)c1cc(C)nn1CC. The summed E-state index contributed by atoms with van der Waals surface area (Å²) in [7, 11) is 0. The number of nitrogens with one attached hydrogen (secondary N) is 1. The lowest BCUT2D eigenvalue weighted by atomic mass is 10.2. The van der Waals surface area contributed by atoms with Crippen molar-refractivity contribution in [2.24, 2.45) is 0 Å². The summed E-state index contributed by atoms with van der Waals surface area (Å²) in [4.78, 5) is 11.9. The van der Waals surface area contributed by atoms with E-state index in [0.717, 1.165) is 5.69 Å². The van der Waals surface area contributed by atoms with E-state index in [0.29, 0.717) is 18.7 Å². The lowest BCUT2D eigenvalue weighted by Gasteiger charge is -2.14. The lowest BCUT2D eigenvalue weighted by molar-refractivity contribution is 0.0904. The van der Waals surface area contributed by atoms with Gasteiger partial charge in [0, 0.05) is 6.54 Å². The summed E-state index contributed by atoms with van der Waals surface area (Å²) in [5.74, 6) is -0.177. The molecule has 0 spiro atoms. The summed E-state index contributed by atoms with van der Waals surface area (Å²) in [5, 5.41) is 16.0. The fourth-order valence-electron chi connectivity index (χ4n) is 1.51. The summed E-state index contributed by atoms with van der Waals surface area (Å²) in [6, 6.07) is 1.57. The summed E-state index contributed by atoms with van der Waals surface area (Å²) < 4.78 is 1.66. The second-order valence-corrected chi connectivity index (χ2v) is 3.75. The average molecular weight is 225 g/mol. The smallest absolute Gasteiger partial charge is 0.269 e. The highest BCUT2D eigenvalue weighted by Crippen LogP contribution is 2.04. The number of hydrogen-bond donors (Lipinski definition) is 2. The topological polar surface area (TPSA) is 67.2 Å². The quantitative estimate of drug-likeness (QED) is 0.775. The fourth-order valence-corrected chi connectivity index (χ4v) is 1.51. The van der Waals surface area contributed by atoms with Crippen LogP contribution in [0.3, 0.4) is 0 Å². The van der Waals surface area contributed by atoms with Gasteiger partial charge in [0.1, 0.15) is 5.69 Å². The van der Waals surface area contributed by atoms with Gasteiger partial charge in [0.05, 0.1) is 18.3 Å². The van der Waals surface area contributed by atoms with Gasteiger partial charge >= 0.3 is 0 Å². The van der Waals surface area contributed by atoms with E-state index in [9.17, 15) is 4.79 Å². The number of nitrogens with zero attached hydrogens (tertiary/aromatic N) is 2. The van der Waals surface area contributed by atoms with Gasteiger partial charge in [0.2, 0.25) is 0 Å². The number of aromatic nitrogens is 2. The molecule has 1 unspecified atom stereocenters. The number of amides is 1. The normalized spacial score (nSPS) is 12.5. The first-order chi connectivity index (χ1) is 7.62. The molecular formula is C11H19N3O2. The van der Waals surface area contributed by atoms with E-state index in [1.807, 2.05) is 20.8 Å². The Morgan fingerprint density at radius 2 is 2.31 bits per heavy atom. The van der Waals surface area contributed by atoms with Crippen molar-refractivity contribution >= 4 is 5.91 Å². The predicted octanol–water partition coefficient (Wildman–Crippen LogP) is 0.712. The molecule has 1 rings (SSSR count). The largest absolute Gasteiger partial charge is 0.394 e. The van der Waals surface area contributed by atoms with Gasteiger partial charge in [0.15, 0.2) is 0 Å². The second-order valence-electron chi connectivity index (χ2n) is 3.75. The number of aliphatic hydroxyl groups is 1. The monoisotopic (exact) mass is 225 g/mol. The predicted molar refractivity (Wildman–Crippen MR) is 61.3 cm³/mol. The van der Waals surface area contributed by atoms with Crippen LogP contribution in [0.1, 0.15) is 36.5 Å². The van der Waals surface area contributed by atoms with Crippen LogP contribution in [0.25, 0.3) is 0 Å². The Morgan fingerprint density at radius 3 is 2.81 bits per heavy atom. The van der Waals surface area contributed by atoms with E-state index in [1.165, 1.54) is 0 Å². The molecule has 1 amide bonds. The molecule has 16 heavy (non-hydrogen) atoms. The summed E-state index contributed by atoms with van der Waals surface area (Å²) in [6.07, 6.45) is 0.710. The second kappa shape index (κ2) is 5.65. The van der Waals surface area contributed by atoms with Gasteiger partial charge in [-0.3, -0.25) is 9.48 Å². The average Bonchev–Trinajstić information content (AvgIpc) is 2.67. The van der Waals surface area contributed by atoms with Crippen molar-refractivity contribution in [1.29, 1.82) is 0 Å². The molecular weight excluding hydrogens is 206 g/mol. The molecule has 0 saturated heterocycles. The van der Waals surface area contributed by atoms with E-state index in [2.05, 4.69) is 10.4 Å². The molecule has 0 radical (unpaired) electrons. The Kier molecular flexibility index (Phi) is 4.49. The fraction of sp³-hybridized carbons (Fsp3) is 0.636. The lowest BCUT2D eigenvalue weighted by Crippen LogP contribution is -2.37. The minimum atomic E-state index is -0.187. The van der Waals surface area contributed by atoms with Crippen molar-refractivity contribution < 1.29 is 9.90 Å². The Hall–Kier alpha value is -1.36. The highest BCUT2D eigenvalue weighted by atomic mass is 16.3. The number of aryl methyl sites for hydroxylation is 2. The van der Waals surface area contributed by atoms with Crippen molar-refractivity contribution in [2.45, 2.75) is 39.8 Å². The van der Waals surface area contributed by atoms with E-state index < -0.39 is 0 Å².